The predicted octanol–water partition coefficient (Wildman–Crippen LogP) is 6.23. The topological polar surface area (TPSA) is 83.0 Å². The Bertz CT molecular complexity index is 1330. The van der Waals surface area contributed by atoms with Crippen LogP contribution in [0.15, 0.2) is 67.0 Å². The molecule has 0 saturated heterocycles. The van der Waals surface area contributed by atoms with Crippen molar-refractivity contribution >= 4 is 34.7 Å². The lowest BCUT2D eigenvalue weighted by Crippen LogP contribution is -2.05. The summed E-state index contributed by atoms with van der Waals surface area (Å²) in [5, 5.41) is 17.1. The fraction of sp³-hybridized carbons (Fsp3) is 0.222. The second-order valence-electron chi connectivity index (χ2n) is 8.57. The molecule has 2 aromatic heterocycles. The van der Waals surface area contributed by atoms with Crippen LogP contribution >= 0.6 is 11.6 Å². The van der Waals surface area contributed by atoms with Crippen LogP contribution in [0.1, 0.15) is 29.5 Å². The van der Waals surface area contributed by atoms with E-state index < -0.39 is 0 Å². The third-order valence-electron chi connectivity index (χ3n) is 6.15. The van der Waals surface area contributed by atoms with Crippen LogP contribution in [-0.4, -0.2) is 26.2 Å². The lowest BCUT2D eigenvalue weighted by Gasteiger charge is -2.15. The van der Waals surface area contributed by atoms with E-state index in [1.54, 1.807) is 12.4 Å². The van der Waals surface area contributed by atoms with E-state index >= 15 is 0 Å². The van der Waals surface area contributed by atoms with Gasteiger partial charge in [-0.2, -0.15) is 4.98 Å². The first kappa shape index (κ1) is 22.3. The van der Waals surface area contributed by atoms with Gasteiger partial charge in [0, 0.05) is 23.1 Å². The van der Waals surface area contributed by atoms with Gasteiger partial charge in [-0.3, -0.25) is 4.98 Å². The summed E-state index contributed by atoms with van der Waals surface area (Å²) in [6, 6.07) is 18.2. The Hall–Kier alpha value is -3.48. The number of para-hydroxylation sites is 1. The molecule has 34 heavy (non-hydrogen) atoms. The summed E-state index contributed by atoms with van der Waals surface area (Å²) in [6.07, 6.45) is 6.52. The highest BCUT2D eigenvalue weighted by molar-refractivity contribution is 6.33. The number of aliphatic hydroxyl groups is 1. The maximum atomic E-state index is 9.99. The molecule has 2 aromatic carbocycles. The molecule has 0 spiro atoms. The van der Waals surface area contributed by atoms with Gasteiger partial charge in [0.25, 0.3) is 0 Å². The molecule has 0 saturated carbocycles. The number of nitrogens with zero attached hydrogens (tertiary/aromatic N) is 3. The van der Waals surface area contributed by atoms with Crippen molar-refractivity contribution in [2.24, 2.45) is 0 Å². The van der Waals surface area contributed by atoms with Gasteiger partial charge < -0.3 is 15.7 Å². The molecule has 1 atom stereocenters. The Balaban J connectivity index is 1.41. The van der Waals surface area contributed by atoms with Crippen LogP contribution in [-0.2, 0) is 12.8 Å². The number of aromatic nitrogens is 3. The highest BCUT2D eigenvalue weighted by Gasteiger charge is 2.15. The van der Waals surface area contributed by atoms with Gasteiger partial charge >= 0.3 is 0 Å². The zero-order valence-electron chi connectivity index (χ0n) is 18.9. The summed E-state index contributed by atoms with van der Waals surface area (Å²) in [5.41, 5.74) is 7.29. The van der Waals surface area contributed by atoms with Crippen molar-refractivity contribution in [3.63, 3.8) is 0 Å². The monoisotopic (exact) mass is 471 g/mol. The largest absolute Gasteiger partial charge is 0.393 e. The molecule has 7 heteroatoms. The number of aliphatic hydroxyl groups excluding tert-OH is 1. The quantitative estimate of drug-likeness (QED) is 0.299. The van der Waals surface area contributed by atoms with Crippen molar-refractivity contribution in [3.05, 3.63) is 88.7 Å². The average molecular weight is 472 g/mol. The van der Waals surface area contributed by atoms with Crippen molar-refractivity contribution in [1.29, 1.82) is 0 Å². The van der Waals surface area contributed by atoms with Crippen molar-refractivity contribution in [3.8, 4) is 11.3 Å². The summed E-state index contributed by atoms with van der Waals surface area (Å²) in [4.78, 5) is 13.6. The average Bonchev–Trinajstić information content (AvgIpc) is 3.03. The van der Waals surface area contributed by atoms with E-state index in [0.717, 1.165) is 53.9 Å². The standard InChI is InChI=1S/C27H26ClN5O/c1-17-5-4-14-29-25(17)22-6-2-3-7-24(22)32-26-23(28)16-30-27(33-26)31-20-11-8-18-9-12-21(34)13-10-19(18)15-20/h2-8,11,14-16,21,34H,9-10,12-13H2,1H3,(H2,30,31,32,33). The molecule has 6 nitrogen and oxygen atoms in total. The second-order valence-corrected chi connectivity index (χ2v) is 8.98. The van der Waals surface area contributed by atoms with E-state index in [9.17, 15) is 5.11 Å². The number of fused-ring (bicyclic) bond motifs is 1. The number of benzene rings is 2. The Morgan fingerprint density at radius 3 is 2.62 bits per heavy atom. The Labute approximate surface area is 204 Å². The van der Waals surface area contributed by atoms with Crippen LogP contribution in [0.3, 0.4) is 0 Å². The molecule has 172 valence electrons. The first-order valence-corrected chi connectivity index (χ1v) is 11.8. The van der Waals surface area contributed by atoms with E-state index in [0.29, 0.717) is 16.8 Å². The number of halogens is 1. The third kappa shape index (κ3) is 4.88. The van der Waals surface area contributed by atoms with E-state index in [1.807, 2.05) is 49.4 Å². The van der Waals surface area contributed by atoms with Crippen molar-refractivity contribution in [2.45, 2.75) is 38.7 Å². The Morgan fingerprint density at radius 1 is 0.941 bits per heavy atom. The van der Waals surface area contributed by atoms with Crippen LogP contribution in [0, 0.1) is 6.92 Å². The van der Waals surface area contributed by atoms with E-state index in [4.69, 9.17) is 11.6 Å². The summed E-state index contributed by atoms with van der Waals surface area (Å²) >= 11 is 6.45. The van der Waals surface area contributed by atoms with Gasteiger partial charge in [0.1, 0.15) is 5.02 Å². The molecule has 1 aliphatic rings. The van der Waals surface area contributed by atoms with E-state index in [1.165, 1.54) is 11.1 Å². The zero-order chi connectivity index (χ0) is 23.5. The van der Waals surface area contributed by atoms with Gasteiger partial charge in [-0.15, -0.1) is 0 Å². The third-order valence-corrected chi connectivity index (χ3v) is 6.42. The minimum Gasteiger partial charge on any atom is -0.393 e. The molecule has 0 radical (unpaired) electrons. The Morgan fingerprint density at radius 2 is 1.76 bits per heavy atom. The zero-order valence-corrected chi connectivity index (χ0v) is 19.7. The van der Waals surface area contributed by atoms with Gasteiger partial charge in [-0.25, -0.2) is 4.98 Å². The normalized spacial score (nSPS) is 15.3. The molecule has 4 aromatic rings. The number of rotatable bonds is 5. The highest BCUT2D eigenvalue weighted by atomic mass is 35.5. The number of hydrogen-bond donors (Lipinski definition) is 3. The van der Waals surface area contributed by atoms with Gasteiger partial charge in [0.15, 0.2) is 5.82 Å². The molecule has 0 amide bonds. The number of hydrogen-bond acceptors (Lipinski definition) is 6. The van der Waals surface area contributed by atoms with E-state index in [2.05, 4.69) is 37.7 Å². The summed E-state index contributed by atoms with van der Waals surface area (Å²) < 4.78 is 0. The molecule has 2 heterocycles. The first-order valence-electron chi connectivity index (χ1n) is 11.4. The Kier molecular flexibility index (Phi) is 6.43. The van der Waals surface area contributed by atoms with Crippen LogP contribution in [0.25, 0.3) is 11.3 Å². The lowest BCUT2D eigenvalue weighted by atomic mass is 10.0. The van der Waals surface area contributed by atoms with Crippen molar-refractivity contribution in [1.82, 2.24) is 15.0 Å². The maximum absolute atomic E-state index is 9.99. The summed E-state index contributed by atoms with van der Waals surface area (Å²) in [7, 11) is 0. The smallest absolute Gasteiger partial charge is 0.229 e. The minimum absolute atomic E-state index is 0.227. The lowest BCUT2D eigenvalue weighted by molar-refractivity contribution is 0.158. The SMILES string of the molecule is Cc1cccnc1-c1ccccc1Nc1nc(Nc2ccc3c(c2)CCC(O)CC3)ncc1Cl. The van der Waals surface area contributed by atoms with Crippen LogP contribution < -0.4 is 10.6 Å². The molecule has 0 aliphatic heterocycles. The molecular weight excluding hydrogens is 446 g/mol. The van der Waals surface area contributed by atoms with Gasteiger partial charge in [0.2, 0.25) is 5.95 Å². The van der Waals surface area contributed by atoms with Crippen LogP contribution in [0.4, 0.5) is 23.1 Å². The van der Waals surface area contributed by atoms with Gasteiger partial charge in [0.05, 0.1) is 18.0 Å². The van der Waals surface area contributed by atoms with Gasteiger partial charge in [-0.1, -0.05) is 41.9 Å². The fourth-order valence-corrected chi connectivity index (χ4v) is 4.45. The molecule has 3 N–H and O–H groups in total. The maximum Gasteiger partial charge on any atom is 0.229 e. The van der Waals surface area contributed by atoms with Crippen molar-refractivity contribution < 1.29 is 5.11 Å². The number of aryl methyl sites for hydroxylation is 3. The van der Waals surface area contributed by atoms with Crippen molar-refractivity contribution in [2.75, 3.05) is 10.6 Å². The molecule has 1 unspecified atom stereocenters. The fourth-order valence-electron chi connectivity index (χ4n) is 4.31. The molecular formula is C27H26ClN5O. The van der Waals surface area contributed by atoms with Gasteiger partial charge in [-0.05, 0) is 73.6 Å². The second kappa shape index (κ2) is 9.79. The summed E-state index contributed by atoms with van der Waals surface area (Å²) in [5.74, 6) is 0.963. The number of pyridine rings is 1. The van der Waals surface area contributed by atoms with Crippen LogP contribution in [0.2, 0.25) is 5.02 Å². The predicted molar refractivity (Wildman–Crippen MR) is 137 cm³/mol. The van der Waals surface area contributed by atoms with Crippen LogP contribution in [0.5, 0.6) is 0 Å². The summed E-state index contributed by atoms with van der Waals surface area (Å²) in [6.45, 7) is 2.04. The molecule has 1 aliphatic carbocycles. The number of nitrogens with one attached hydrogen (secondary N) is 2. The number of anilines is 4. The first-order chi connectivity index (χ1) is 16.6. The highest BCUT2D eigenvalue weighted by Crippen LogP contribution is 2.33. The van der Waals surface area contributed by atoms with E-state index in [-0.39, 0.29) is 6.10 Å². The molecule has 5 rings (SSSR count). The molecule has 0 bridgehead atoms. The minimum atomic E-state index is -0.227. The molecule has 0 fully saturated rings.